The minimum absolute atomic E-state index is 0.0891. The van der Waals surface area contributed by atoms with Crippen LogP contribution in [0.4, 0.5) is 10.3 Å². The van der Waals surface area contributed by atoms with Crippen LogP contribution in [0.25, 0.3) is 22.1 Å². The van der Waals surface area contributed by atoms with Crippen molar-refractivity contribution in [3.63, 3.8) is 0 Å². The van der Waals surface area contributed by atoms with Crippen LogP contribution in [0.2, 0.25) is 0 Å². The Balaban J connectivity index is 1.94. The summed E-state index contributed by atoms with van der Waals surface area (Å²) in [6, 6.07) is 12.5. The van der Waals surface area contributed by atoms with Crippen molar-refractivity contribution < 1.29 is 13.6 Å². The first-order valence-electron chi connectivity index (χ1n) is 10.9. The van der Waals surface area contributed by atoms with E-state index in [1.807, 2.05) is 0 Å². The summed E-state index contributed by atoms with van der Waals surface area (Å²) >= 11 is 0. The molecule has 3 rings (SSSR count). The number of benzene rings is 2. The van der Waals surface area contributed by atoms with E-state index in [9.17, 15) is 14.0 Å². The second-order valence-corrected chi connectivity index (χ2v) is 7.67. The van der Waals surface area contributed by atoms with Gasteiger partial charge in [-0.15, -0.1) is 0 Å². The summed E-state index contributed by atoms with van der Waals surface area (Å²) in [6.07, 6.45) is 4.14. The average Bonchev–Trinajstić information content (AvgIpc) is 2.77. The Morgan fingerprint density at radius 3 is 2.29 bits per heavy atom. The predicted octanol–water partition coefficient (Wildman–Crippen LogP) is 5.44. The second kappa shape index (κ2) is 10.9. The van der Waals surface area contributed by atoms with Gasteiger partial charge in [-0.2, -0.15) is 0 Å². The topological polar surface area (TPSA) is 62.6 Å². The molecular weight excluding hydrogens is 395 g/mol. The zero-order valence-electron chi connectivity index (χ0n) is 18.1. The molecule has 2 aromatic carbocycles. The van der Waals surface area contributed by atoms with Crippen LogP contribution in [0.15, 0.2) is 57.7 Å². The Labute approximate surface area is 181 Å². The predicted molar refractivity (Wildman–Crippen MR) is 123 cm³/mol. The smallest absolute Gasteiger partial charge is 0.240 e. The van der Waals surface area contributed by atoms with E-state index in [0.717, 1.165) is 38.8 Å². The van der Waals surface area contributed by atoms with Gasteiger partial charge in [-0.3, -0.25) is 19.8 Å². The van der Waals surface area contributed by atoms with Gasteiger partial charge in [0.1, 0.15) is 11.4 Å². The third-order valence-corrected chi connectivity index (χ3v) is 5.21. The van der Waals surface area contributed by atoms with Crippen LogP contribution in [-0.4, -0.2) is 30.4 Å². The zero-order chi connectivity index (χ0) is 22.2. The summed E-state index contributed by atoms with van der Waals surface area (Å²) in [5.74, 6) is -0.553. The fraction of sp³-hybridized carbons (Fsp3) is 0.360. The average molecular weight is 425 g/mol. The molecule has 1 aromatic heterocycles. The largest absolute Gasteiger partial charge is 0.439 e. The van der Waals surface area contributed by atoms with E-state index in [0.29, 0.717) is 16.5 Å². The molecule has 1 heterocycles. The number of para-hydroxylation sites is 1. The maximum Gasteiger partial charge on any atom is 0.240 e. The van der Waals surface area contributed by atoms with Crippen LogP contribution in [0.5, 0.6) is 0 Å². The van der Waals surface area contributed by atoms with Crippen LogP contribution >= 0.6 is 0 Å². The van der Waals surface area contributed by atoms with Crippen LogP contribution in [-0.2, 0) is 4.79 Å². The first kappa shape index (κ1) is 22.7. The Morgan fingerprint density at radius 1 is 1.00 bits per heavy atom. The number of nitrogens with one attached hydrogen (secondary N) is 1. The van der Waals surface area contributed by atoms with Gasteiger partial charge < -0.3 is 4.42 Å². The fourth-order valence-electron chi connectivity index (χ4n) is 3.51. The number of carbonyl (C=O) groups is 1. The number of carbonyl (C=O) groups excluding carboxylic acids is 1. The molecule has 3 aromatic rings. The Hall–Kier alpha value is -2.99. The number of amides is 1. The first-order valence-corrected chi connectivity index (χ1v) is 10.9. The van der Waals surface area contributed by atoms with Crippen molar-refractivity contribution in [3.8, 4) is 11.1 Å². The van der Waals surface area contributed by atoms with E-state index >= 15 is 0 Å². The minimum atomic E-state index is -0.401. The minimum Gasteiger partial charge on any atom is -0.439 e. The number of hydrogen-bond acceptors (Lipinski definition) is 4. The van der Waals surface area contributed by atoms with Gasteiger partial charge in [0.25, 0.3) is 0 Å². The quantitative estimate of drug-likeness (QED) is 0.471. The molecule has 164 valence electrons. The molecule has 1 amide bonds. The number of fused-ring (bicyclic) bond motifs is 1. The second-order valence-electron chi connectivity index (χ2n) is 7.67. The highest BCUT2D eigenvalue weighted by Crippen LogP contribution is 2.28. The summed E-state index contributed by atoms with van der Waals surface area (Å²) in [7, 11) is 0. The van der Waals surface area contributed by atoms with Crippen LogP contribution < -0.4 is 10.7 Å². The molecule has 0 saturated heterocycles. The van der Waals surface area contributed by atoms with Crippen LogP contribution in [0.1, 0.15) is 39.5 Å². The van der Waals surface area contributed by atoms with Crippen LogP contribution in [0.3, 0.4) is 0 Å². The number of anilines is 1. The van der Waals surface area contributed by atoms with Gasteiger partial charge in [0.2, 0.25) is 17.2 Å². The van der Waals surface area contributed by atoms with Crippen molar-refractivity contribution in [2.45, 2.75) is 39.5 Å². The van der Waals surface area contributed by atoms with E-state index < -0.39 is 5.82 Å². The summed E-state index contributed by atoms with van der Waals surface area (Å²) in [5.41, 5.74) is 0.839. The van der Waals surface area contributed by atoms with Gasteiger partial charge in [0.05, 0.1) is 17.5 Å². The van der Waals surface area contributed by atoms with Crippen molar-refractivity contribution in [3.05, 3.63) is 64.6 Å². The highest BCUT2D eigenvalue weighted by molar-refractivity contribution is 5.97. The molecule has 0 fully saturated rings. The van der Waals surface area contributed by atoms with E-state index in [1.165, 1.54) is 24.3 Å². The van der Waals surface area contributed by atoms with Crippen molar-refractivity contribution in [2.75, 3.05) is 25.0 Å². The molecule has 0 aliphatic carbocycles. The maximum atomic E-state index is 13.4. The molecule has 0 radical (unpaired) electrons. The number of unbranched alkanes of at least 4 members (excludes halogenated alkanes) is 2. The molecule has 0 bridgehead atoms. The van der Waals surface area contributed by atoms with E-state index in [2.05, 4.69) is 24.1 Å². The van der Waals surface area contributed by atoms with Gasteiger partial charge in [0.15, 0.2) is 0 Å². The molecule has 1 N–H and O–H groups in total. The Morgan fingerprint density at radius 2 is 1.65 bits per heavy atom. The van der Waals surface area contributed by atoms with Gasteiger partial charge >= 0.3 is 0 Å². The summed E-state index contributed by atoms with van der Waals surface area (Å²) in [5, 5.41) is 3.21. The lowest BCUT2D eigenvalue weighted by Gasteiger charge is -2.21. The van der Waals surface area contributed by atoms with Crippen molar-refractivity contribution in [2.24, 2.45) is 0 Å². The van der Waals surface area contributed by atoms with Crippen LogP contribution in [0, 0.1) is 5.82 Å². The molecule has 0 aliphatic heterocycles. The SMILES string of the molecule is CCCCN(CCCC)CC(=O)Nc1oc2ccccc2c(=O)c1-c1ccc(F)cc1. The molecule has 0 saturated carbocycles. The van der Waals surface area contributed by atoms with E-state index in [4.69, 9.17) is 4.42 Å². The molecule has 5 nitrogen and oxygen atoms in total. The lowest BCUT2D eigenvalue weighted by atomic mass is 10.0. The number of halogens is 1. The molecule has 0 unspecified atom stereocenters. The van der Waals surface area contributed by atoms with Gasteiger partial charge in [-0.1, -0.05) is 51.0 Å². The normalized spacial score (nSPS) is 11.2. The standard InChI is InChI=1S/C25H29FN2O3/c1-3-5-15-28(16-6-4-2)17-22(29)27-25-23(18-11-13-19(26)14-12-18)24(30)20-9-7-8-10-21(20)31-25/h7-14H,3-6,15-17H2,1-2H3,(H,27,29). The molecule has 0 atom stereocenters. The number of rotatable bonds is 10. The monoisotopic (exact) mass is 424 g/mol. The third-order valence-electron chi connectivity index (χ3n) is 5.21. The molecule has 6 heteroatoms. The zero-order valence-corrected chi connectivity index (χ0v) is 18.1. The van der Waals surface area contributed by atoms with Crippen molar-refractivity contribution in [1.29, 1.82) is 0 Å². The van der Waals surface area contributed by atoms with Gasteiger partial charge in [-0.05, 0) is 55.8 Å². The molecule has 31 heavy (non-hydrogen) atoms. The Bertz CT molecular complexity index is 1070. The van der Waals surface area contributed by atoms with E-state index in [1.54, 1.807) is 24.3 Å². The highest BCUT2D eigenvalue weighted by atomic mass is 19.1. The lowest BCUT2D eigenvalue weighted by Crippen LogP contribution is -2.35. The Kier molecular flexibility index (Phi) is 7.95. The number of hydrogen-bond donors (Lipinski definition) is 1. The maximum absolute atomic E-state index is 13.4. The van der Waals surface area contributed by atoms with Gasteiger partial charge in [-0.25, -0.2) is 4.39 Å². The molecule has 0 aliphatic rings. The third kappa shape index (κ3) is 5.79. The number of nitrogens with zero attached hydrogens (tertiary/aromatic N) is 1. The highest BCUT2D eigenvalue weighted by Gasteiger charge is 2.19. The first-order chi connectivity index (χ1) is 15.0. The summed E-state index contributed by atoms with van der Waals surface area (Å²) in [6.45, 7) is 6.15. The summed E-state index contributed by atoms with van der Waals surface area (Å²) < 4.78 is 19.4. The van der Waals surface area contributed by atoms with Gasteiger partial charge in [0, 0.05) is 0 Å². The molecular formula is C25H29FN2O3. The van der Waals surface area contributed by atoms with Crippen molar-refractivity contribution >= 4 is 22.8 Å². The lowest BCUT2D eigenvalue weighted by molar-refractivity contribution is -0.117. The summed E-state index contributed by atoms with van der Waals surface area (Å²) in [4.78, 5) is 28.2. The van der Waals surface area contributed by atoms with Crippen molar-refractivity contribution in [1.82, 2.24) is 4.90 Å². The van der Waals surface area contributed by atoms with E-state index in [-0.39, 0.29) is 29.3 Å². The molecule has 0 spiro atoms. The fourth-order valence-corrected chi connectivity index (χ4v) is 3.51.